The van der Waals surface area contributed by atoms with E-state index in [4.69, 9.17) is 0 Å². The second kappa shape index (κ2) is 7.72. The Labute approximate surface area is 140 Å². The van der Waals surface area contributed by atoms with Gasteiger partial charge in [-0.3, -0.25) is 4.79 Å². The monoisotopic (exact) mass is 337 g/mol. The number of hydrogen-bond donors (Lipinski definition) is 2. The molecule has 0 spiro atoms. The zero-order valence-corrected chi connectivity index (χ0v) is 14.1. The van der Waals surface area contributed by atoms with Crippen molar-refractivity contribution in [2.45, 2.75) is 32.2 Å². The Morgan fingerprint density at radius 2 is 2.18 bits per heavy atom. The topological polar surface area (TPSA) is 54.0 Å². The van der Waals surface area contributed by atoms with Gasteiger partial charge in [-0.25, -0.2) is 4.98 Å². The molecule has 118 valence electrons. The molecule has 1 aliphatic heterocycles. The zero-order chi connectivity index (χ0) is 14.7. The van der Waals surface area contributed by atoms with Gasteiger partial charge in [-0.05, 0) is 25.8 Å². The van der Waals surface area contributed by atoms with Crippen molar-refractivity contribution in [2.24, 2.45) is 0 Å². The van der Waals surface area contributed by atoms with Crippen LogP contribution in [0.15, 0.2) is 30.3 Å². The van der Waals surface area contributed by atoms with E-state index in [0.29, 0.717) is 5.13 Å². The van der Waals surface area contributed by atoms with E-state index in [2.05, 4.69) is 34.7 Å². The molecular formula is C16H20ClN3OS. The van der Waals surface area contributed by atoms with Crippen LogP contribution in [0.3, 0.4) is 0 Å². The van der Waals surface area contributed by atoms with Crippen molar-refractivity contribution in [3.8, 4) is 11.3 Å². The average molecular weight is 338 g/mol. The van der Waals surface area contributed by atoms with Crippen LogP contribution < -0.4 is 10.6 Å². The van der Waals surface area contributed by atoms with E-state index in [0.717, 1.165) is 37.1 Å². The van der Waals surface area contributed by atoms with Gasteiger partial charge in [-0.2, -0.15) is 0 Å². The molecule has 0 saturated carbocycles. The van der Waals surface area contributed by atoms with Gasteiger partial charge in [0.25, 0.3) is 0 Å². The Morgan fingerprint density at radius 3 is 2.82 bits per heavy atom. The van der Waals surface area contributed by atoms with Crippen LogP contribution in [0.25, 0.3) is 11.3 Å². The molecule has 3 rings (SSSR count). The number of rotatable bonds is 4. The van der Waals surface area contributed by atoms with Gasteiger partial charge in [0.15, 0.2) is 5.13 Å². The van der Waals surface area contributed by atoms with Crippen molar-refractivity contribution in [1.29, 1.82) is 0 Å². The summed E-state index contributed by atoms with van der Waals surface area (Å²) in [5, 5.41) is 6.86. The van der Waals surface area contributed by atoms with Gasteiger partial charge in [0.05, 0.1) is 11.7 Å². The Balaban J connectivity index is 0.00000176. The molecule has 0 bridgehead atoms. The lowest BCUT2D eigenvalue weighted by molar-refractivity contribution is -0.117. The van der Waals surface area contributed by atoms with Gasteiger partial charge in [0.1, 0.15) is 0 Å². The van der Waals surface area contributed by atoms with Crippen LogP contribution in [0, 0.1) is 0 Å². The highest BCUT2D eigenvalue weighted by atomic mass is 35.5. The number of nitrogens with one attached hydrogen (secondary N) is 2. The second-order valence-corrected chi connectivity index (χ2v) is 6.23. The van der Waals surface area contributed by atoms with Crippen LogP contribution in [0.1, 0.15) is 24.6 Å². The van der Waals surface area contributed by atoms with Crippen LogP contribution in [-0.2, 0) is 11.2 Å². The summed E-state index contributed by atoms with van der Waals surface area (Å²) in [6.45, 7) is 3.04. The van der Waals surface area contributed by atoms with Crippen molar-refractivity contribution < 1.29 is 4.79 Å². The van der Waals surface area contributed by atoms with Crippen molar-refractivity contribution in [2.75, 3.05) is 11.9 Å². The van der Waals surface area contributed by atoms with Crippen LogP contribution in [0.5, 0.6) is 0 Å². The molecule has 1 aromatic heterocycles. The number of aromatic nitrogens is 1. The summed E-state index contributed by atoms with van der Waals surface area (Å²) >= 11 is 1.57. The Hall–Kier alpha value is -1.43. The Kier molecular flexibility index (Phi) is 5.94. The molecular weight excluding hydrogens is 318 g/mol. The van der Waals surface area contributed by atoms with Gasteiger partial charge >= 0.3 is 0 Å². The number of nitrogens with zero attached hydrogens (tertiary/aromatic N) is 1. The fourth-order valence-electron chi connectivity index (χ4n) is 2.57. The summed E-state index contributed by atoms with van der Waals surface area (Å²) in [6, 6.07) is 10.1. The predicted octanol–water partition coefficient (Wildman–Crippen LogP) is 3.48. The molecule has 0 radical (unpaired) electrons. The van der Waals surface area contributed by atoms with E-state index < -0.39 is 0 Å². The second-order valence-electron chi connectivity index (χ2n) is 5.15. The number of anilines is 1. The van der Waals surface area contributed by atoms with E-state index >= 15 is 0 Å². The third-order valence-corrected chi connectivity index (χ3v) is 4.79. The third-order valence-electron chi connectivity index (χ3n) is 3.67. The minimum absolute atomic E-state index is 0. The van der Waals surface area contributed by atoms with Gasteiger partial charge in [-0.1, -0.05) is 37.3 Å². The number of halogens is 1. The van der Waals surface area contributed by atoms with E-state index in [-0.39, 0.29) is 24.4 Å². The van der Waals surface area contributed by atoms with E-state index in [1.54, 1.807) is 11.3 Å². The number of carbonyl (C=O) groups excluding carboxylic acids is 1. The maximum Gasteiger partial charge on any atom is 0.243 e. The molecule has 6 heteroatoms. The predicted molar refractivity (Wildman–Crippen MR) is 93.8 cm³/mol. The first kappa shape index (κ1) is 16.9. The summed E-state index contributed by atoms with van der Waals surface area (Å²) in [5.74, 6) is 0.0310. The van der Waals surface area contributed by atoms with Crippen LogP contribution in [0.2, 0.25) is 0 Å². The first-order chi connectivity index (χ1) is 10.3. The smallest absolute Gasteiger partial charge is 0.243 e. The van der Waals surface area contributed by atoms with Crippen LogP contribution >= 0.6 is 23.7 Å². The number of aryl methyl sites for hydroxylation is 1. The molecule has 0 aliphatic carbocycles. The SMILES string of the molecule is CCc1sc(NC(=O)C2CCCN2)nc1-c1ccccc1.Cl. The molecule has 1 fully saturated rings. The lowest BCUT2D eigenvalue weighted by Gasteiger charge is -2.08. The lowest BCUT2D eigenvalue weighted by Crippen LogP contribution is -2.35. The highest BCUT2D eigenvalue weighted by Crippen LogP contribution is 2.31. The van der Waals surface area contributed by atoms with Gasteiger partial charge in [0, 0.05) is 10.4 Å². The van der Waals surface area contributed by atoms with Crippen molar-refractivity contribution in [1.82, 2.24) is 10.3 Å². The number of carbonyl (C=O) groups is 1. The molecule has 1 saturated heterocycles. The maximum atomic E-state index is 12.2. The fourth-order valence-corrected chi connectivity index (χ4v) is 3.49. The molecule has 1 amide bonds. The first-order valence-electron chi connectivity index (χ1n) is 7.37. The van der Waals surface area contributed by atoms with E-state index in [9.17, 15) is 4.79 Å². The van der Waals surface area contributed by atoms with E-state index in [1.165, 1.54) is 4.88 Å². The Morgan fingerprint density at radius 1 is 1.41 bits per heavy atom. The summed E-state index contributed by atoms with van der Waals surface area (Å²) < 4.78 is 0. The summed E-state index contributed by atoms with van der Waals surface area (Å²) in [4.78, 5) is 18.0. The van der Waals surface area contributed by atoms with E-state index in [1.807, 2.05) is 18.2 Å². The molecule has 2 N–H and O–H groups in total. The fraction of sp³-hybridized carbons (Fsp3) is 0.375. The van der Waals surface area contributed by atoms with Crippen molar-refractivity contribution >= 4 is 34.8 Å². The minimum Gasteiger partial charge on any atom is -0.306 e. The maximum absolute atomic E-state index is 12.2. The summed E-state index contributed by atoms with van der Waals surface area (Å²) in [5.41, 5.74) is 2.09. The summed E-state index contributed by atoms with van der Waals surface area (Å²) in [7, 11) is 0. The van der Waals surface area contributed by atoms with Crippen LogP contribution in [0.4, 0.5) is 5.13 Å². The molecule has 2 aromatic rings. The van der Waals surface area contributed by atoms with Gasteiger partial charge in [-0.15, -0.1) is 23.7 Å². The zero-order valence-electron chi connectivity index (χ0n) is 12.5. The standard InChI is InChI=1S/C16H19N3OS.ClH/c1-2-13-14(11-7-4-3-5-8-11)18-16(21-13)19-15(20)12-9-6-10-17-12;/h3-5,7-8,12,17H,2,6,9-10H2,1H3,(H,18,19,20);1H. The molecule has 2 heterocycles. The first-order valence-corrected chi connectivity index (χ1v) is 8.19. The van der Waals surface area contributed by atoms with Crippen molar-refractivity contribution in [3.63, 3.8) is 0 Å². The Bertz CT molecular complexity index is 624. The van der Waals surface area contributed by atoms with Gasteiger partial charge in [0.2, 0.25) is 5.91 Å². The lowest BCUT2D eigenvalue weighted by atomic mass is 10.1. The van der Waals surface area contributed by atoms with Crippen molar-refractivity contribution in [3.05, 3.63) is 35.2 Å². The largest absolute Gasteiger partial charge is 0.306 e. The number of benzene rings is 1. The molecule has 22 heavy (non-hydrogen) atoms. The number of thiazole rings is 1. The minimum atomic E-state index is -0.0702. The quantitative estimate of drug-likeness (QED) is 0.898. The number of amides is 1. The summed E-state index contributed by atoms with van der Waals surface area (Å²) in [6.07, 6.45) is 2.88. The molecule has 1 unspecified atom stereocenters. The van der Waals surface area contributed by atoms with Gasteiger partial charge < -0.3 is 10.6 Å². The number of hydrogen-bond acceptors (Lipinski definition) is 4. The normalized spacial score (nSPS) is 17.0. The molecule has 4 nitrogen and oxygen atoms in total. The highest BCUT2D eigenvalue weighted by molar-refractivity contribution is 7.16. The van der Waals surface area contributed by atoms with Crippen LogP contribution in [-0.4, -0.2) is 23.5 Å². The molecule has 1 aromatic carbocycles. The third kappa shape index (κ3) is 3.66. The molecule has 1 atom stereocenters. The molecule has 1 aliphatic rings. The highest BCUT2D eigenvalue weighted by Gasteiger charge is 2.23. The average Bonchev–Trinajstić information content (AvgIpc) is 3.17.